The zero-order valence-electron chi connectivity index (χ0n) is 20.5. The molecular weight excluding hydrogens is 356 g/mol. The zero-order chi connectivity index (χ0) is 21.4. The Morgan fingerprint density at radius 2 is 1.21 bits per heavy atom. The van der Waals surface area contributed by atoms with Gasteiger partial charge in [0.05, 0.1) is 33.7 Å². The highest BCUT2D eigenvalue weighted by molar-refractivity contribution is 5.80. The van der Waals surface area contributed by atoms with Crippen molar-refractivity contribution in [1.82, 2.24) is 4.90 Å². The molecule has 0 bridgehead atoms. The Balaban J connectivity index is 1.85. The smallest absolute Gasteiger partial charge is 0.225 e. The summed E-state index contributed by atoms with van der Waals surface area (Å²) in [4.78, 5) is 14.1. The number of hydrogen-bond donors (Lipinski definition) is 0. The van der Waals surface area contributed by atoms with Crippen molar-refractivity contribution < 1.29 is 9.28 Å². The van der Waals surface area contributed by atoms with Crippen molar-refractivity contribution in [3.05, 3.63) is 0 Å². The molecule has 0 aromatic heterocycles. The highest BCUT2D eigenvalue weighted by Gasteiger charge is 2.29. The molecule has 172 valence electrons. The Morgan fingerprint density at radius 3 is 1.62 bits per heavy atom. The van der Waals surface area contributed by atoms with Crippen molar-refractivity contribution >= 4 is 5.91 Å². The van der Waals surface area contributed by atoms with Gasteiger partial charge in [0.1, 0.15) is 0 Å². The molecule has 0 aromatic rings. The number of carbonyl (C=O) groups excluding carboxylic acids is 1. The Bertz CT molecular complexity index is 408. The van der Waals surface area contributed by atoms with Crippen LogP contribution in [0.4, 0.5) is 0 Å². The Morgan fingerprint density at radius 1 is 0.759 bits per heavy atom. The number of hydrogen-bond acceptors (Lipinski definition) is 1. The molecule has 1 saturated heterocycles. The summed E-state index contributed by atoms with van der Waals surface area (Å²) in [5, 5.41) is 0. The van der Waals surface area contributed by atoms with Crippen LogP contribution in [0.3, 0.4) is 0 Å². The first-order chi connectivity index (χ1) is 14.0. The lowest BCUT2D eigenvalue weighted by atomic mass is 10.0. The van der Waals surface area contributed by atoms with E-state index < -0.39 is 0 Å². The fourth-order valence-corrected chi connectivity index (χ4v) is 4.53. The summed E-state index contributed by atoms with van der Waals surface area (Å²) < 4.78 is 1.05. The minimum Gasteiger partial charge on any atom is -0.337 e. The van der Waals surface area contributed by atoms with E-state index in [9.17, 15) is 4.79 Å². The molecule has 29 heavy (non-hydrogen) atoms. The van der Waals surface area contributed by atoms with Crippen molar-refractivity contribution in [2.75, 3.05) is 40.3 Å². The molecule has 3 nitrogen and oxygen atoms in total. The van der Waals surface area contributed by atoms with E-state index in [1.54, 1.807) is 0 Å². The van der Waals surface area contributed by atoms with Gasteiger partial charge in [0, 0.05) is 12.5 Å². The molecule has 0 aromatic carbocycles. The molecule has 1 unspecified atom stereocenters. The van der Waals surface area contributed by atoms with Crippen molar-refractivity contribution in [2.45, 2.75) is 117 Å². The van der Waals surface area contributed by atoms with Gasteiger partial charge in [-0.2, -0.15) is 0 Å². The monoisotopic (exact) mass is 409 g/mol. The predicted molar refractivity (Wildman–Crippen MR) is 127 cm³/mol. The summed E-state index contributed by atoms with van der Waals surface area (Å²) in [6.07, 6.45) is 22.4. The van der Waals surface area contributed by atoms with Crippen LogP contribution in [0, 0.1) is 5.92 Å². The van der Waals surface area contributed by atoms with Gasteiger partial charge in [-0.25, -0.2) is 0 Å². The van der Waals surface area contributed by atoms with E-state index >= 15 is 0 Å². The summed E-state index contributed by atoms with van der Waals surface area (Å²) in [6.45, 7) is 8.61. The summed E-state index contributed by atoms with van der Waals surface area (Å²) in [6, 6.07) is 0. The van der Waals surface area contributed by atoms with Crippen molar-refractivity contribution in [3.8, 4) is 0 Å². The topological polar surface area (TPSA) is 20.3 Å². The van der Waals surface area contributed by atoms with Crippen LogP contribution in [0.1, 0.15) is 117 Å². The van der Waals surface area contributed by atoms with Crippen LogP contribution in [0.2, 0.25) is 0 Å². The zero-order valence-corrected chi connectivity index (χ0v) is 20.5. The summed E-state index contributed by atoms with van der Waals surface area (Å²) in [5.41, 5.74) is 0. The highest BCUT2D eigenvalue weighted by Crippen LogP contribution is 2.17. The number of unbranched alkanes of at least 4 members (excludes halogenated alkanes) is 14. The number of quaternary nitrogens is 1. The Hall–Kier alpha value is -0.570. The Kier molecular flexibility index (Phi) is 14.8. The lowest BCUT2D eigenvalue weighted by Gasteiger charge is -2.31. The molecule has 0 N–H and O–H groups in total. The van der Waals surface area contributed by atoms with Gasteiger partial charge in [-0.1, -0.05) is 97.3 Å². The average molecular weight is 410 g/mol. The van der Waals surface area contributed by atoms with Crippen LogP contribution in [0.15, 0.2) is 0 Å². The molecule has 0 aliphatic carbocycles. The first-order valence-electron chi connectivity index (χ1n) is 13.1. The fraction of sp³-hybridized carbons (Fsp3) is 0.962. The second kappa shape index (κ2) is 16.2. The van der Waals surface area contributed by atoms with Gasteiger partial charge in [0.25, 0.3) is 0 Å². The third-order valence-electron chi connectivity index (χ3n) is 6.91. The fourth-order valence-electron chi connectivity index (χ4n) is 4.53. The standard InChI is InChI=1S/C26H53N2O/c1-5-6-7-8-9-10-11-12-13-14-15-16-17-18-19-23-28(3,4)24-22-27-21-20-25(2)26(27)29/h25H,5-24H2,1-4H3/q+1. The number of likely N-dealkylation sites (tertiary alicyclic amines) is 1. The van der Waals surface area contributed by atoms with E-state index in [1.165, 1.54) is 103 Å². The Labute approximate surface area is 183 Å². The van der Waals surface area contributed by atoms with Crippen molar-refractivity contribution in [1.29, 1.82) is 0 Å². The molecule has 1 rings (SSSR count). The maximum absolute atomic E-state index is 12.0. The van der Waals surface area contributed by atoms with Gasteiger partial charge in [-0.15, -0.1) is 0 Å². The minimum absolute atomic E-state index is 0.251. The van der Waals surface area contributed by atoms with Gasteiger partial charge in [-0.3, -0.25) is 4.79 Å². The molecule has 1 fully saturated rings. The number of nitrogens with zero attached hydrogens (tertiary/aromatic N) is 2. The molecule has 0 saturated carbocycles. The lowest BCUT2D eigenvalue weighted by molar-refractivity contribution is -0.889. The molecule has 1 aliphatic rings. The van der Waals surface area contributed by atoms with Gasteiger partial charge in [0.2, 0.25) is 5.91 Å². The molecule has 1 atom stereocenters. The van der Waals surface area contributed by atoms with E-state index in [0.29, 0.717) is 5.91 Å². The predicted octanol–water partition coefficient (Wildman–Crippen LogP) is 6.80. The van der Waals surface area contributed by atoms with Crippen molar-refractivity contribution in [3.63, 3.8) is 0 Å². The highest BCUT2D eigenvalue weighted by atomic mass is 16.2. The minimum atomic E-state index is 0.251. The van der Waals surface area contributed by atoms with Crippen LogP contribution in [-0.4, -0.2) is 55.6 Å². The number of carbonyl (C=O) groups is 1. The molecular formula is C26H53N2O+. The molecule has 0 radical (unpaired) electrons. The summed E-state index contributed by atoms with van der Waals surface area (Å²) in [7, 11) is 4.65. The third-order valence-corrected chi connectivity index (χ3v) is 6.91. The average Bonchev–Trinajstić information content (AvgIpc) is 3.01. The van der Waals surface area contributed by atoms with Gasteiger partial charge < -0.3 is 9.38 Å². The summed E-state index contributed by atoms with van der Waals surface area (Å²) in [5.74, 6) is 0.623. The second-order valence-electron chi connectivity index (χ2n) is 10.3. The van der Waals surface area contributed by atoms with Crippen LogP contribution in [0.5, 0.6) is 0 Å². The summed E-state index contributed by atoms with van der Waals surface area (Å²) >= 11 is 0. The van der Waals surface area contributed by atoms with E-state index in [4.69, 9.17) is 0 Å². The number of amides is 1. The van der Waals surface area contributed by atoms with Crippen LogP contribution in [-0.2, 0) is 4.79 Å². The SMILES string of the molecule is CCCCCCCCCCCCCCCCC[N+](C)(C)CCN1CCC(C)C1=O. The van der Waals surface area contributed by atoms with Crippen LogP contribution >= 0.6 is 0 Å². The van der Waals surface area contributed by atoms with Gasteiger partial charge in [-0.05, 0) is 19.3 Å². The quantitative estimate of drug-likeness (QED) is 0.170. The van der Waals surface area contributed by atoms with E-state index in [-0.39, 0.29) is 5.92 Å². The van der Waals surface area contributed by atoms with Crippen LogP contribution < -0.4 is 0 Å². The maximum Gasteiger partial charge on any atom is 0.225 e. The molecule has 0 spiro atoms. The maximum atomic E-state index is 12.0. The molecule has 3 heteroatoms. The van der Waals surface area contributed by atoms with E-state index in [2.05, 4.69) is 32.8 Å². The van der Waals surface area contributed by atoms with Gasteiger partial charge >= 0.3 is 0 Å². The molecule has 1 heterocycles. The first-order valence-corrected chi connectivity index (χ1v) is 13.1. The van der Waals surface area contributed by atoms with Crippen molar-refractivity contribution in [2.24, 2.45) is 5.92 Å². The van der Waals surface area contributed by atoms with E-state index in [0.717, 1.165) is 30.5 Å². The number of likely N-dealkylation sites (N-methyl/N-ethyl adjacent to an activating group) is 1. The number of rotatable bonds is 19. The lowest BCUT2D eigenvalue weighted by Crippen LogP contribution is -2.46. The van der Waals surface area contributed by atoms with Gasteiger partial charge in [0.15, 0.2) is 0 Å². The normalized spacial score (nSPS) is 17.4. The third kappa shape index (κ3) is 13.4. The van der Waals surface area contributed by atoms with E-state index in [1.807, 2.05) is 0 Å². The van der Waals surface area contributed by atoms with Crippen LogP contribution in [0.25, 0.3) is 0 Å². The second-order valence-corrected chi connectivity index (χ2v) is 10.3. The largest absolute Gasteiger partial charge is 0.337 e. The molecule has 1 aliphatic heterocycles. The first kappa shape index (κ1) is 26.5. The molecule has 1 amide bonds.